The molecule has 2 aliphatic rings. The van der Waals surface area contributed by atoms with Crippen LogP contribution in [0.1, 0.15) is 63.7 Å². The Hall–Kier alpha value is -3.50. The van der Waals surface area contributed by atoms with Crippen LogP contribution in [0.25, 0.3) is 0 Å². The molecule has 1 aromatic carbocycles. The van der Waals surface area contributed by atoms with E-state index < -0.39 is 17.9 Å². The predicted octanol–water partition coefficient (Wildman–Crippen LogP) is 3.82. The maximum Gasteiger partial charge on any atom is 0.273 e. The smallest absolute Gasteiger partial charge is 0.273 e. The Balaban J connectivity index is 1.55. The van der Waals surface area contributed by atoms with E-state index in [4.69, 9.17) is 23.2 Å². The van der Waals surface area contributed by atoms with E-state index in [2.05, 4.69) is 15.4 Å². The number of halogens is 3. The van der Waals surface area contributed by atoms with Gasteiger partial charge in [-0.3, -0.25) is 19.4 Å². The van der Waals surface area contributed by atoms with E-state index in [9.17, 15) is 18.8 Å². The van der Waals surface area contributed by atoms with Crippen molar-refractivity contribution < 1.29 is 18.8 Å². The molecule has 0 saturated heterocycles. The minimum Gasteiger partial charge on any atom is -0.357 e. The molecule has 198 valence electrons. The number of nitrogens with one attached hydrogen (secondary N) is 1. The zero-order valence-corrected chi connectivity index (χ0v) is 22.4. The highest BCUT2D eigenvalue weighted by Gasteiger charge is 2.43. The maximum atomic E-state index is 13.9. The number of pyridine rings is 1. The van der Waals surface area contributed by atoms with Crippen molar-refractivity contribution in [3.63, 3.8) is 0 Å². The summed E-state index contributed by atoms with van der Waals surface area (Å²) in [6, 6.07) is 5.56. The molecule has 1 N–H and O–H groups in total. The fourth-order valence-electron chi connectivity index (χ4n) is 5.07. The molecule has 12 heteroatoms. The van der Waals surface area contributed by atoms with Crippen LogP contribution < -0.4 is 5.32 Å². The lowest BCUT2D eigenvalue weighted by Crippen LogP contribution is -2.49. The fourth-order valence-corrected chi connectivity index (χ4v) is 5.37. The number of rotatable bonds is 4. The van der Waals surface area contributed by atoms with Crippen molar-refractivity contribution in [2.24, 2.45) is 0 Å². The van der Waals surface area contributed by atoms with E-state index in [1.165, 1.54) is 41.0 Å². The molecule has 0 fully saturated rings. The number of carbonyl (C=O) groups is 3. The van der Waals surface area contributed by atoms with Crippen LogP contribution in [0.3, 0.4) is 0 Å². The molecule has 5 rings (SSSR count). The number of aromatic nitrogens is 3. The molecule has 0 spiro atoms. The Bertz CT molecular complexity index is 1460. The van der Waals surface area contributed by atoms with Gasteiger partial charge in [-0.15, -0.1) is 0 Å². The quantitative estimate of drug-likeness (QED) is 0.524. The predicted molar refractivity (Wildman–Crippen MR) is 138 cm³/mol. The number of hydrogen-bond acceptors (Lipinski definition) is 5. The van der Waals surface area contributed by atoms with Gasteiger partial charge in [-0.05, 0) is 44.2 Å². The highest BCUT2D eigenvalue weighted by Crippen LogP contribution is 2.35. The second kappa shape index (κ2) is 9.99. The number of nitrogens with zero attached hydrogens (tertiary/aromatic N) is 5. The summed E-state index contributed by atoms with van der Waals surface area (Å²) in [4.78, 5) is 47.7. The molecule has 0 radical (unpaired) electrons. The molecule has 1 unspecified atom stereocenters. The van der Waals surface area contributed by atoms with Crippen molar-refractivity contribution >= 4 is 40.9 Å². The van der Waals surface area contributed by atoms with Crippen molar-refractivity contribution in [3.8, 4) is 0 Å². The number of likely N-dealkylation sites (N-methyl/N-ethyl adjacent to an activating group) is 1. The van der Waals surface area contributed by atoms with E-state index in [-0.39, 0.29) is 47.6 Å². The molecule has 38 heavy (non-hydrogen) atoms. The summed E-state index contributed by atoms with van der Waals surface area (Å²) in [7, 11) is 1.52. The van der Waals surface area contributed by atoms with Crippen molar-refractivity contribution in [2.75, 3.05) is 13.6 Å². The molecule has 0 aliphatic carbocycles. The lowest BCUT2D eigenvalue weighted by molar-refractivity contribution is -0.125. The average Bonchev–Trinajstić information content (AvgIpc) is 3.27. The minimum atomic E-state index is -0.802. The number of fused-ring (bicyclic) bond motifs is 3. The summed E-state index contributed by atoms with van der Waals surface area (Å²) in [5, 5.41) is 7.93. The second-order valence-corrected chi connectivity index (χ2v) is 10.3. The molecule has 3 aromatic rings. The van der Waals surface area contributed by atoms with Crippen LogP contribution in [0.4, 0.5) is 4.39 Å². The van der Waals surface area contributed by atoms with Gasteiger partial charge in [0.05, 0.1) is 40.6 Å². The topological polar surface area (TPSA) is 100 Å². The van der Waals surface area contributed by atoms with Crippen molar-refractivity contribution in [1.29, 1.82) is 0 Å². The number of hydrogen-bond donors (Lipinski definition) is 1. The Morgan fingerprint density at radius 3 is 2.63 bits per heavy atom. The van der Waals surface area contributed by atoms with Gasteiger partial charge < -0.3 is 15.1 Å². The van der Waals surface area contributed by atoms with Gasteiger partial charge in [0.2, 0.25) is 5.91 Å². The Kier molecular flexibility index (Phi) is 6.87. The molecular formula is C26H25Cl2FN6O3. The third-order valence-electron chi connectivity index (χ3n) is 7.18. The number of amides is 3. The highest BCUT2D eigenvalue weighted by molar-refractivity contribution is 6.42. The van der Waals surface area contributed by atoms with Crippen LogP contribution in [0.15, 0.2) is 36.5 Å². The zero-order chi connectivity index (χ0) is 27.3. The fraction of sp³-hybridized carbons (Fsp3) is 0.346. The lowest BCUT2D eigenvalue weighted by atomic mass is 9.96. The monoisotopic (exact) mass is 558 g/mol. The first-order valence-electron chi connectivity index (χ1n) is 12.1. The molecule has 4 heterocycles. The van der Waals surface area contributed by atoms with Gasteiger partial charge in [-0.2, -0.15) is 5.10 Å². The van der Waals surface area contributed by atoms with E-state index in [1.54, 1.807) is 24.0 Å². The standard InChI is InChI=1S/C26H25Cl2FN6O3/c1-13-8-21-17(11-33(13)25(37)15-4-5-18(27)19(28)9-15)23-26(38)34(12-22(24(36)30-3)35(23)32-21)14(2)20-10-16(29)6-7-31-20/h4-7,9-10,13-14,22H,8,11-12H2,1-3H3,(H,30,36)/t13-,14?,22+/m1/s1. The Morgan fingerprint density at radius 1 is 1.18 bits per heavy atom. The lowest BCUT2D eigenvalue weighted by Gasteiger charge is -2.37. The van der Waals surface area contributed by atoms with Gasteiger partial charge in [0.1, 0.15) is 17.6 Å². The van der Waals surface area contributed by atoms with E-state index >= 15 is 0 Å². The maximum absolute atomic E-state index is 13.9. The first-order valence-corrected chi connectivity index (χ1v) is 12.9. The molecule has 3 atom stereocenters. The number of benzene rings is 1. The van der Waals surface area contributed by atoms with Crippen LogP contribution in [0.2, 0.25) is 10.0 Å². The molecule has 2 aliphatic heterocycles. The molecule has 3 amide bonds. The average molecular weight is 559 g/mol. The van der Waals surface area contributed by atoms with Crippen molar-refractivity contribution in [1.82, 2.24) is 29.9 Å². The molecule has 0 saturated carbocycles. The third-order valence-corrected chi connectivity index (χ3v) is 7.92. The van der Waals surface area contributed by atoms with E-state index in [0.717, 1.165) is 0 Å². The number of carbonyl (C=O) groups excluding carboxylic acids is 3. The van der Waals surface area contributed by atoms with Crippen LogP contribution in [-0.4, -0.2) is 61.9 Å². The normalized spacial score (nSPS) is 19.6. The van der Waals surface area contributed by atoms with Gasteiger partial charge in [-0.25, -0.2) is 9.07 Å². The molecule has 2 aromatic heterocycles. The van der Waals surface area contributed by atoms with Gasteiger partial charge in [-0.1, -0.05) is 23.2 Å². The largest absolute Gasteiger partial charge is 0.357 e. The van der Waals surface area contributed by atoms with E-state index in [1.807, 2.05) is 6.92 Å². The van der Waals surface area contributed by atoms with Gasteiger partial charge >= 0.3 is 0 Å². The summed E-state index contributed by atoms with van der Waals surface area (Å²) in [6.45, 7) is 3.80. The van der Waals surface area contributed by atoms with Crippen molar-refractivity contribution in [3.05, 3.63) is 80.6 Å². The Labute approximate surface area is 228 Å². The van der Waals surface area contributed by atoms with Crippen LogP contribution in [0, 0.1) is 5.82 Å². The first-order chi connectivity index (χ1) is 18.1. The van der Waals surface area contributed by atoms with Crippen LogP contribution >= 0.6 is 23.2 Å². The SMILES string of the molecule is CNC(=O)[C@@H]1CN(C(C)c2cc(F)ccn2)C(=O)c2c3c(nn21)C[C@@H](C)N(C(=O)c1ccc(Cl)c(Cl)c1)C3. The molecule has 0 bridgehead atoms. The summed E-state index contributed by atoms with van der Waals surface area (Å²) in [5.74, 6) is -1.42. The molecular weight excluding hydrogens is 534 g/mol. The molecule has 9 nitrogen and oxygen atoms in total. The minimum absolute atomic E-state index is 0.0346. The van der Waals surface area contributed by atoms with Gasteiger partial charge in [0.15, 0.2) is 0 Å². The summed E-state index contributed by atoms with van der Waals surface area (Å²) in [5.41, 5.74) is 2.21. The van der Waals surface area contributed by atoms with Crippen molar-refractivity contribution in [2.45, 2.75) is 44.9 Å². The van der Waals surface area contributed by atoms with Gasteiger partial charge in [0.25, 0.3) is 11.8 Å². The van der Waals surface area contributed by atoms with Crippen LogP contribution in [0.5, 0.6) is 0 Å². The zero-order valence-electron chi connectivity index (χ0n) is 20.9. The highest BCUT2D eigenvalue weighted by atomic mass is 35.5. The Morgan fingerprint density at radius 2 is 1.95 bits per heavy atom. The third kappa shape index (κ3) is 4.41. The summed E-state index contributed by atoms with van der Waals surface area (Å²) in [6.07, 6.45) is 1.74. The second-order valence-electron chi connectivity index (χ2n) is 9.50. The summed E-state index contributed by atoms with van der Waals surface area (Å²) < 4.78 is 15.4. The first kappa shape index (κ1) is 26.1. The van der Waals surface area contributed by atoms with E-state index in [0.29, 0.717) is 34.0 Å². The summed E-state index contributed by atoms with van der Waals surface area (Å²) >= 11 is 12.2. The van der Waals surface area contributed by atoms with Crippen LogP contribution in [-0.2, 0) is 17.8 Å². The van der Waals surface area contributed by atoms with Gasteiger partial charge in [0, 0.05) is 36.8 Å².